The van der Waals surface area contributed by atoms with Gasteiger partial charge >= 0.3 is 0 Å². The third kappa shape index (κ3) is 11.6. The van der Waals surface area contributed by atoms with E-state index in [0.29, 0.717) is 0 Å². The first-order valence-electron chi connectivity index (χ1n) is 0. The molecule has 22 valence electrons. The SMILES string of the molecule is [C].[O].[SiH4].[Zr]. The van der Waals surface area contributed by atoms with Crippen LogP contribution in [-0.4, -0.2) is 11.0 Å². The van der Waals surface area contributed by atoms with E-state index in [1.54, 1.807) is 0 Å². The summed E-state index contributed by atoms with van der Waals surface area (Å²) < 4.78 is 0. The van der Waals surface area contributed by atoms with Gasteiger partial charge < -0.3 is 0 Å². The predicted molar refractivity (Wildman–Crippen MR) is 15.3 cm³/mol. The molecule has 0 N–H and O–H groups in total. The van der Waals surface area contributed by atoms with Crippen LogP contribution in [-0.2, 0) is 31.7 Å². The summed E-state index contributed by atoms with van der Waals surface area (Å²) in [7, 11) is 0. The molecule has 0 atom stereocenters. The number of rotatable bonds is 0. The molecule has 0 rings (SSSR count). The summed E-state index contributed by atoms with van der Waals surface area (Å²) in [6.07, 6.45) is 0. The fourth-order valence-electron chi connectivity index (χ4n) is 0. The Morgan fingerprint density at radius 2 is 1.00 bits per heavy atom. The molecule has 0 saturated heterocycles. The largest absolute Gasteiger partial charge is 0.0149 e. The molecule has 1 nitrogen and oxygen atoms in total. The zero-order valence-electron chi connectivity index (χ0n) is 1.41. The van der Waals surface area contributed by atoms with Crippen molar-refractivity contribution in [1.82, 2.24) is 0 Å². The standard InChI is InChI=1S/C.O.H4Si.Zr/h;;1H4;. The predicted octanol–water partition coefficient (Wildman–Crippen LogP) is -1.49. The molecule has 0 aromatic heterocycles. The van der Waals surface area contributed by atoms with E-state index in [-0.39, 0.29) is 50.1 Å². The second kappa shape index (κ2) is 33.8. The maximum absolute atomic E-state index is 0. The van der Waals surface area contributed by atoms with Crippen LogP contribution in [0, 0.1) is 7.43 Å². The van der Waals surface area contributed by atoms with Crippen LogP contribution in [0.25, 0.3) is 0 Å². The van der Waals surface area contributed by atoms with Crippen molar-refractivity contribution in [2.45, 2.75) is 0 Å². The van der Waals surface area contributed by atoms with E-state index in [4.69, 9.17) is 0 Å². The summed E-state index contributed by atoms with van der Waals surface area (Å²) >= 11 is 0. The van der Waals surface area contributed by atoms with Gasteiger partial charge in [0, 0.05) is 39.1 Å². The number of hydrogen-bond acceptors (Lipinski definition) is 0. The molecule has 0 fully saturated rings. The van der Waals surface area contributed by atoms with Crippen molar-refractivity contribution in [3.63, 3.8) is 0 Å². The van der Waals surface area contributed by atoms with Gasteiger partial charge in [-0.3, -0.25) is 0 Å². The average Bonchev–Trinajstić information content (AvgIpc) is 0. The topological polar surface area (TPSA) is 28.5 Å². The first kappa shape index (κ1) is 74.2. The Morgan fingerprint density at radius 1 is 1.00 bits per heavy atom. The van der Waals surface area contributed by atoms with Gasteiger partial charge in [0.1, 0.15) is 0 Å². The van der Waals surface area contributed by atoms with Crippen LogP contribution in [0.3, 0.4) is 0 Å². The monoisotopic (exact) mass is 150 g/mol. The van der Waals surface area contributed by atoms with Crippen molar-refractivity contribution in [3.8, 4) is 0 Å². The van der Waals surface area contributed by atoms with Gasteiger partial charge in [-0.2, -0.15) is 0 Å². The van der Waals surface area contributed by atoms with E-state index in [2.05, 4.69) is 0 Å². The van der Waals surface area contributed by atoms with E-state index in [0.717, 1.165) is 0 Å². The number of hydrogen-bond donors (Lipinski definition) is 0. The Hall–Kier alpha value is 1.06. The maximum Gasteiger partial charge on any atom is 0 e. The third-order valence-electron chi connectivity index (χ3n) is 0. The van der Waals surface area contributed by atoms with Crippen LogP contribution in [0.15, 0.2) is 0 Å². The third-order valence-corrected chi connectivity index (χ3v) is 0. The van der Waals surface area contributed by atoms with Crippen molar-refractivity contribution < 1.29 is 31.7 Å². The molecule has 0 spiro atoms. The Kier molecular flexibility index (Phi) is 628. The molecule has 0 aliphatic heterocycles. The molecule has 0 amide bonds. The second-order valence-electron chi connectivity index (χ2n) is 0. The Labute approximate surface area is 50.2 Å². The fraction of sp³-hybridized carbons (Fsp3) is 0. The van der Waals surface area contributed by atoms with Crippen LogP contribution in [0.2, 0.25) is 0 Å². The van der Waals surface area contributed by atoms with Gasteiger partial charge in [0.2, 0.25) is 0 Å². The summed E-state index contributed by atoms with van der Waals surface area (Å²) in [5.74, 6) is 0. The molecule has 0 saturated carbocycles. The van der Waals surface area contributed by atoms with Crippen molar-refractivity contribution >= 4 is 11.0 Å². The minimum absolute atomic E-state index is 0. The summed E-state index contributed by atoms with van der Waals surface area (Å²) in [6, 6.07) is 0. The van der Waals surface area contributed by atoms with E-state index >= 15 is 0 Å². The quantitative estimate of drug-likeness (QED) is 0.377. The smallest absolute Gasteiger partial charge is 0 e. The summed E-state index contributed by atoms with van der Waals surface area (Å²) in [4.78, 5) is 0. The van der Waals surface area contributed by atoms with Crippen molar-refractivity contribution in [2.75, 3.05) is 0 Å². The summed E-state index contributed by atoms with van der Waals surface area (Å²) in [5, 5.41) is 0. The van der Waals surface area contributed by atoms with Gasteiger partial charge in [-0.05, 0) is 11.0 Å². The van der Waals surface area contributed by atoms with Gasteiger partial charge in [-0.15, -0.1) is 0 Å². The van der Waals surface area contributed by atoms with E-state index in [1.165, 1.54) is 0 Å². The van der Waals surface area contributed by atoms with Gasteiger partial charge in [-0.1, -0.05) is 0 Å². The van der Waals surface area contributed by atoms with Crippen molar-refractivity contribution in [3.05, 3.63) is 7.43 Å². The molecule has 4 heavy (non-hydrogen) atoms. The van der Waals surface area contributed by atoms with E-state index in [1.807, 2.05) is 0 Å². The molecule has 6 radical (unpaired) electrons. The summed E-state index contributed by atoms with van der Waals surface area (Å²) in [5.41, 5.74) is 0. The van der Waals surface area contributed by atoms with Gasteiger partial charge in [-0.25, -0.2) is 0 Å². The van der Waals surface area contributed by atoms with E-state index < -0.39 is 0 Å². The second-order valence-corrected chi connectivity index (χ2v) is 0. The minimum atomic E-state index is 0. The minimum Gasteiger partial charge on any atom is -0.0149 e. The van der Waals surface area contributed by atoms with Gasteiger partial charge in [0.05, 0.1) is 0 Å². The molecule has 3 heteroatoms. The molecule has 0 bridgehead atoms. The van der Waals surface area contributed by atoms with Crippen LogP contribution in [0.4, 0.5) is 0 Å². The molecule has 0 unspecified atom stereocenters. The van der Waals surface area contributed by atoms with Crippen LogP contribution >= 0.6 is 0 Å². The van der Waals surface area contributed by atoms with Gasteiger partial charge in [0.15, 0.2) is 0 Å². The molecule has 0 aliphatic carbocycles. The summed E-state index contributed by atoms with van der Waals surface area (Å²) in [6.45, 7) is 0. The molecular formula is CH4OSiZr. The van der Waals surface area contributed by atoms with Crippen molar-refractivity contribution in [2.24, 2.45) is 0 Å². The molecule has 0 heterocycles. The molecule has 0 aromatic carbocycles. The van der Waals surface area contributed by atoms with E-state index in [9.17, 15) is 0 Å². The van der Waals surface area contributed by atoms with Crippen LogP contribution in [0.5, 0.6) is 0 Å². The first-order chi connectivity index (χ1) is 0. The van der Waals surface area contributed by atoms with Gasteiger partial charge in [0.25, 0.3) is 0 Å². The van der Waals surface area contributed by atoms with Crippen LogP contribution in [0.1, 0.15) is 0 Å². The zero-order chi connectivity index (χ0) is 0. The zero-order valence-corrected chi connectivity index (χ0v) is 3.87. The first-order valence-corrected chi connectivity index (χ1v) is 0. The Morgan fingerprint density at radius 3 is 1.00 bits per heavy atom. The van der Waals surface area contributed by atoms with Crippen LogP contribution < -0.4 is 0 Å². The molecular weight excluding hydrogens is 147 g/mol. The fourth-order valence-corrected chi connectivity index (χ4v) is 0. The Bertz CT molecular complexity index is 8.00. The Balaban J connectivity index is 0. The normalized spacial score (nSPS) is 0. The maximum atomic E-state index is 0. The van der Waals surface area contributed by atoms with Crippen molar-refractivity contribution in [1.29, 1.82) is 0 Å². The molecule has 0 aromatic rings. The average molecular weight is 151 g/mol. The molecule has 0 aliphatic rings.